The summed E-state index contributed by atoms with van der Waals surface area (Å²) in [6.07, 6.45) is 3.68. The van der Waals surface area contributed by atoms with Gasteiger partial charge in [0.05, 0.1) is 0 Å². The molecule has 3 nitrogen and oxygen atoms in total. The molecule has 1 heterocycles. The Hall–Kier alpha value is -0.120. The van der Waals surface area contributed by atoms with Crippen molar-refractivity contribution in [2.75, 3.05) is 26.2 Å². The van der Waals surface area contributed by atoms with E-state index in [0.717, 1.165) is 13.1 Å². The van der Waals surface area contributed by atoms with Crippen LogP contribution in [0.25, 0.3) is 0 Å². The van der Waals surface area contributed by atoms with Crippen LogP contribution in [0.4, 0.5) is 0 Å². The molecule has 0 aromatic carbocycles. The zero-order chi connectivity index (χ0) is 11.3. The van der Waals surface area contributed by atoms with Gasteiger partial charge in [0.15, 0.2) is 0 Å². The van der Waals surface area contributed by atoms with Crippen LogP contribution < -0.4 is 11.1 Å². The highest BCUT2D eigenvalue weighted by molar-refractivity contribution is 4.92. The minimum absolute atomic E-state index is 0.207. The van der Waals surface area contributed by atoms with Crippen LogP contribution >= 0.6 is 0 Å². The highest BCUT2D eigenvalue weighted by atomic mass is 15.2. The Morgan fingerprint density at radius 3 is 2.60 bits per heavy atom. The summed E-state index contributed by atoms with van der Waals surface area (Å²) in [4.78, 5) is 2.56. The number of likely N-dealkylation sites (tertiary alicyclic amines) is 1. The van der Waals surface area contributed by atoms with Gasteiger partial charge in [-0.15, -0.1) is 0 Å². The molecule has 1 aliphatic rings. The topological polar surface area (TPSA) is 41.3 Å². The van der Waals surface area contributed by atoms with Crippen molar-refractivity contribution >= 4 is 0 Å². The molecule has 1 atom stereocenters. The molecule has 0 spiro atoms. The summed E-state index contributed by atoms with van der Waals surface area (Å²) in [7, 11) is 0. The molecule has 0 amide bonds. The van der Waals surface area contributed by atoms with Crippen molar-refractivity contribution in [3.8, 4) is 0 Å². The maximum Gasteiger partial charge on any atom is 0.0316 e. The molecule has 3 N–H and O–H groups in total. The fourth-order valence-corrected chi connectivity index (χ4v) is 2.56. The average molecular weight is 213 g/mol. The highest BCUT2D eigenvalue weighted by Gasteiger charge is 2.30. The van der Waals surface area contributed by atoms with Gasteiger partial charge in [0.1, 0.15) is 0 Å². The SMILES string of the molecule is CCNC1(CN)CCCN(C(C)C)CC1. The molecule has 1 fully saturated rings. The molecule has 1 rings (SSSR count). The summed E-state index contributed by atoms with van der Waals surface area (Å²) in [5.41, 5.74) is 6.14. The highest BCUT2D eigenvalue weighted by Crippen LogP contribution is 2.22. The van der Waals surface area contributed by atoms with E-state index in [4.69, 9.17) is 5.73 Å². The van der Waals surface area contributed by atoms with E-state index in [9.17, 15) is 0 Å². The third-order valence-corrected chi connectivity index (χ3v) is 3.65. The van der Waals surface area contributed by atoms with Crippen LogP contribution in [0, 0.1) is 0 Å². The van der Waals surface area contributed by atoms with Crippen LogP contribution in [0.5, 0.6) is 0 Å². The summed E-state index contributed by atoms with van der Waals surface area (Å²) in [6, 6.07) is 0.667. The lowest BCUT2D eigenvalue weighted by atomic mass is 9.90. The number of likely N-dealkylation sites (N-methyl/N-ethyl adjacent to an activating group) is 1. The maximum absolute atomic E-state index is 5.93. The van der Waals surface area contributed by atoms with Crippen molar-refractivity contribution in [3.05, 3.63) is 0 Å². The Bertz CT molecular complexity index is 182. The molecule has 1 unspecified atom stereocenters. The predicted octanol–water partition coefficient (Wildman–Crippen LogP) is 1.19. The molecule has 1 saturated heterocycles. The van der Waals surface area contributed by atoms with Gasteiger partial charge in [-0.3, -0.25) is 0 Å². The standard InChI is InChI=1S/C12H27N3/c1-4-14-12(10-13)6-5-8-15(9-7-12)11(2)3/h11,14H,4-10,13H2,1-3H3. The second-order valence-corrected chi connectivity index (χ2v) is 5.00. The van der Waals surface area contributed by atoms with E-state index >= 15 is 0 Å². The van der Waals surface area contributed by atoms with Gasteiger partial charge in [0.25, 0.3) is 0 Å². The zero-order valence-electron chi connectivity index (χ0n) is 10.6. The van der Waals surface area contributed by atoms with Gasteiger partial charge >= 0.3 is 0 Å². The summed E-state index contributed by atoms with van der Waals surface area (Å²) in [6.45, 7) is 10.9. The number of hydrogen-bond acceptors (Lipinski definition) is 3. The predicted molar refractivity (Wildman–Crippen MR) is 66.0 cm³/mol. The summed E-state index contributed by atoms with van der Waals surface area (Å²) < 4.78 is 0. The molecular formula is C12H27N3. The van der Waals surface area contributed by atoms with Crippen LogP contribution in [0.1, 0.15) is 40.0 Å². The molecule has 0 radical (unpaired) electrons. The van der Waals surface area contributed by atoms with E-state index < -0.39 is 0 Å². The fraction of sp³-hybridized carbons (Fsp3) is 1.00. The lowest BCUT2D eigenvalue weighted by Crippen LogP contribution is -2.51. The number of nitrogens with zero attached hydrogens (tertiary/aromatic N) is 1. The van der Waals surface area contributed by atoms with E-state index in [-0.39, 0.29) is 5.54 Å². The molecular weight excluding hydrogens is 186 g/mol. The van der Waals surface area contributed by atoms with Crippen LogP contribution in [0.2, 0.25) is 0 Å². The van der Waals surface area contributed by atoms with Gasteiger partial charge in [-0.25, -0.2) is 0 Å². The Morgan fingerprint density at radius 1 is 1.33 bits per heavy atom. The molecule has 15 heavy (non-hydrogen) atoms. The van der Waals surface area contributed by atoms with E-state index in [0.29, 0.717) is 6.04 Å². The quantitative estimate of drug-likeness (QED) is 0.737. The van der Waals surface area contributed by atoms with Gasteiger partial charge < -0.3 is 16.0 Å². The van der Waals surface area contributed by atoms with Gasteiger partial charge in [-0.05, 0) is 46.2 Å². The molecule has 0 aromatic rings. The number of nitrogens with one attached hydrogen (secondary N) is 1. The van der Waals surface area contributed by atoms with Gasteiger partial charge in [-0.2, -0.15) is 0 Å². The van der Waals surface area contributed by atoms with Crippen LogP contribution in [0.15, 0.2) is 0 Å². The first-order valence-electron chi connectivity index (χ1n) is 6.32. The third-order valence-electron chi connectivity index (χ3n) is 3.65. The van der Waals surface area contributed by atoms with Crippen LogP contribution in [-0.2, 0) is 0 Å². The minimum Gasteiger partial charge on any atom is -0.329 e. The van der Waals surface area contributed by atoms with E-state index in [1.54, 1.807) is 0 Å². The molecule has 90 valence electrons. The second kappa shape index (κ2) is 5.83. The number of hydrogen-bond donors (Lipinski definition) is 2. The fourth-order valence-electron chi connectivity index (χ4n) is 2.56. The van der Waals surface area contributed by atoms with Crippen molar-refractivity contribution in [1.29, 1.82) is 0 Å². The van der Waals surface area contributed by atoms with Crippen LogP contribution in [0.3, 0.4) is 0 Å². The van der Waals surface area contributed by atoms with Crippen molar-refractivity contribution in [1.82, 2.24) is 10.2 Å². The van der Waals surface area contributed by atoms with Crippen molar-refractivity contribution in [2.24, 2.45) is 5.73 Å². The lowest BCUT2D eigenvalue weighted by molar-refractivity contribution is 0.219. The van der Waals surface area contributed by atoms with E-state index in [2.05, 4.69) is 31.0 Å². The largest absolute Gasteiger partial charge is 0.329 e. The number of nitrogens with two attached hydrogens (primary N) is 1. The van der Waals surface area contributed by atoms with Crippen molar-refractivity contribution < 1.29 is 0 Å². The summed E-state index contributed by atoms with van der Waals surface area (Å²) in [5.74, 6) is 0. The van der Waals surface area contributed by atoms with Gasteiger partial charge in [0, 0.05) is 24.7 Å². The summed E-state index contributed by atoms with van der Waals surface area (Å²) in [5, 5.41) is 3.60. The number of rotatable bonds is 4. The first-order chi connectivity index (χ1) is 7.13. The van der Waals surface area contributed by atoms with Crippen molar-refractivity contribution in [2.45, 2.75) is 51.6 Å². The molecule has 0 aromatic heterocycles. The lowest BCUT2D eigenvalue weighted by Gasteiger charge is -2.33. The molecule has 3 heteroatoms. The Labute approximate surface area is 94.4 Å². The van der Waals surface area contributed by atoms with Crippen LogP contribution in [-0.4, -0.2) is 42.7 Å². The third kappa shape index (κ3) is 3.44. The Kier molecular flexibility index (Phi) is 5.03. The van der Waals surface area contributed by atoms with Gasteiger partial charge in [0.2, 0.25) is 0 Å². The summed E-state index contributed by atoms with van der Waals surface area (Å²) >= 11 is 0. The first-order valence-corrected chi connectivity index (χ1v) is 6.32. The monoisotopic (exact) mass is 213 g/mol. The zero-order valence-corrected chi connectivity index (χ0v) is 10.6. The second-order valence-electron chi connectivity index (χ2n) is 5.00. The minimum atomic E-state index is 0.207. The molecule has 0 saturated carbocycles. The molecule has 0 aliphatic carbocycles. The van der Waals surface area contributed by atoms with E-state index in [1.807, 2.05) is 0 Å². The van der Waals surface area contributed by atoms with E-state index in [1.165, 1.54) is 32.4 Å². The molecule has 1 aliphatic heterocycles. The molecule has 0 bridgehead atoms. The Morgan fingerprint density at radius 2 is 2.07 bits per heavy atom. The normalized spacial score (nSPS) is 29.4. The van der Waals surface area contributed by atoms with Gasteiger partial charge in [-0.1, -0.05) is 6.92 Å². The first kappa shape index (κ1) is 12.9. The Balaban J connectivity index is 2.56. The smallest absolute Gasteiger partial charge is 0.0316 e. The average Bonchev–Trinajstić information content (AvgIpc) is 2.42. The van der Waals surface area contributed by atoms with Crippen molar-refractivity contribution in [3.63, 3.8) is 0 Å². The maximum atomic E-state index is 5.93.